The van der Waals surface area contributed by atoms with Crippen LogP contribution in [0.3, 0.4) is 0 Å². The highest BCUT2D eigenvalue weighted by Gasteiger charge is 2.21. The Morgan fingerprint density at radius 2 is 2.00 bits per heavy atom. The number of carboxylic acids is 1. The lowest BCUT2D eigenvalue weighted by Gasteiger charge is -2.22. The molecule has 1 rings (SSSR count). The van der Waals surface area contributed by atoms with Gasteiger partial charge in [0.2, 0.25) is 5.91 Å². The molecule has 0 spiro atoms. The molecule has 6 nitrogen and oxygen atoms in total. The van der Waals surface area contributed by atoms with Crippen LogP contribution in [0, 0.1) is 5.92 Å². The summed E-state index contributed by atoms with van der Waals surface area (Å²) in [4.78, 5) is 26.3. The smallest absolute Gasteiger partial charge is 0.317 e. The van der Waals surface area contributed by atoms with E-state index >= 15 is 0 Å². The second-order valence-corrected chi connectivity index (χ2v) is 4.95. The number of aliphatic carboxylic acids is 1. The Labute approximate surface area is 108 Å². The van der Waals surface area contributed by atoms with Crippen molar-refractivity contribution in [2.75, 3.05) is 39.3 Å². The molecule has 1 heterocycles. The zero-order chi connectivity index (χ0) is 13.5. The molecule has 0 saturated carbocycles. The Hall–Kier alpha value is -1.14. The Morgan fingerprint density at radius 1 is 1.28 bits per heavy atom. The third kappa shape index (κ3) is 5.01. The molecule has 1 amide bonds. The SMILES string of the molecule is CC(CN)CC(=O)N1CCCN(CC(=O)O)CC1. The maximum absolute atomic E-state index is 12.0. The molecule has 0 radical (unpaired) electrons. The van der Waals surface area contributed by atoms with Crippen molar-refractivity contribution in [1.82, 2.24) is 9.80 Å². The minimum atomic E-state index is -0.813. The van der Waals surface area contributed by atoms with E-state index in [0.29, 0.717) is 32.6 Å². The van der Waals surface area contributed by atoms with Gasteiger partial charge in [0, 0.05) is 32.6 Å². The number of hydrogen-bond donors (Lipinski definition) is 2. The zero-order valence-electron chi connectivity index (χ0n) is 11.0. The number of carboxylic acid groups (broad SMARTS) is 1. The predicted molar refractivity (Wildman–Crippen MR) is 68.1 cm³/mol. The lowest BCUT2D eigenvalue weighted by Crippen LogP contribution is -2.37. The van der Waals surface area contributed by atoms with E-state index in [9.17, 15) is 9.59 Å². The van der Waals surface area contributed by atoms with E-state index in [1.807, 2.05) is 16.7 Å². The fraction of sp³-hybridized carbons (Fsp3) is 0.833. The van der Waals surface area contributed by atoms with Gasteiger partial charge in [-0.15, -0.1) is 0 Å². The van der Waals surface area contributed by atoms with E-state index in [1.54, 1.807) is 0 Å². The summed E-state index contributed by atoms with van der Waals surface area (Å²) in [7, 11) is 0. The molecule has 1 aliphatic rings. The van der Waals surface area contributed by atoms with Crippen LogP contribution >= 0.6 is 0 Å². The Bertz CT molecular complexity index is 296. The average molecular weight is 257 g/mol. The first-order valence-corrected chi connectivity index (χ1v) is 6.45. The normalized spacial score (nSPS) is 19.3. The van der Waals surface area contributed by atoms with Gasteiger partial charge in [-0.1, -0.05) is 6.92 Å². The van der Waals surface area contributed by atoms with Crippen molar-refractivity contribution in [2.45, 2.75) is 19.8 Å². The van der Waals surface area contributed by atoms with E-state index < -0.39 is 5.97 Å². The zero-order valence-corrected chi connectivity index (χ0v) is 11.0. The van der Waals surface area contributed by atoms with Crippen LogP contribution in [0.1, 0.15) is 19.8 Å². The lowest BCUT2D eigenvalue weighted by atomic mass is 10.1. The van der Waals surface area contributed by atoms with Crippen molar-refractivity contribution < 1.29 is 14.7 Å². The summed E-state index contributed by atoms with van der Waals surface area (Å²) >= 11 is 0. The summed E-state index contributed by atoms with van der Waals surface area (Å²) in [5, 5.41) is 8.75. The van der Waals surface area contributed by atoms with Crippen LogP contribution in [-0.4, -0.2) is 66.1 Å². The van der Waals surface area contributed by atoms with E-state index in [-0.39, 0.29) is 18.4 Å². The van der Waals surface area contributed by atoms with Crippen molar-refractivity contribution in [3.8, 4) is 0 Å². The largest absolute Gasteiger partial charge is 0.480 e. The van der Waals surface area contributed by atoms with Crippen LogP contribution in [0.25, 0.3) is 0 Å². The maximum Gasteiger partial charge on any atom is 0.317 e. The Morgan fingerprint density at radius 3 is 2.61 bits per heavy atom. The number of carbonyl (C=O) groups excluding carboxylic acids is 1. The first-order chi connectivity index (χ1) is 8.52. The van der Waals surface area contributed by atoms with E-state index in [0.717, 1.165) is 13.0 Å². The van der Waals surface area contributed by atoms with Gasteiger partial charge in [-0.2, -0.15) is 0 Å². The lowest BCUT2D eigenvalue weighted by molar-refractivity contribution is -0.138. The molecule has 1 atom stereocenters. The van der Waals surface area contributed by atoms with Gasteiger partial charge >= 0.3 is 5.97 Å². The molecule has 1 aliphatic heterocycles. The molecule has 18 heavy (non-hydrogen) atoms. The number of carbonyl (C=O) groups is 2. The first kappa shape index (κ1) is 14.9. The summed E-state index contributed by atoms with van der Waals surface area (Å²) in [5.41, 5.74) is 5.51. The maximum atomic E-state index is 12.0. The van der Waals surface area contributed by atoms with Crippen molar-refractivity contribution in [3.63, 3.8) is 0 Å². The molecule has 0 aromatic carbocycles. The second kappa shape index (κ2) is 7.33. The summed E-state index contributed by atoms with van der Waals surface area (Å²) in [5.74, 6) is -0.479. The summed E-state index contributed by atoms with van der Waals surface area (Å²) in [6.07, 6.45) is 1.31. The molecule has 0 bridgehead atoms. The van der Waals surface area contributed by atoms with Gasteiger partial charge in [-0.3, -0.25) is 14.5 Å². The molecule has 104 valence electrons. The van der Waals surface area contributed by atoms with Gasteiger partial charge < -0.3 is 15.7 Å². The highest BCUT2D eigenvalue weighted by molar-refractivity contribution is 5.76. The molecule has 1 saturated heterocycles. The highest BCUT2D eigenvalue weighted by atomic mass is 16.4. The van der Waals surface area contributed by atoms with Crippen LogP contribution in [0.4, 0.5) is 0 Å². The van der Waals surface area contributed by atoms with Crippen molar-refractivity contribution in [1.29, 1.82) is 0 Å². The van der Waals surface area contributed by atoms with Gasteiger partial charge in [0.25, 0.3) is 0 Å². The van der Waals surface area contributed by atoms with Crippen LogP contribution in [0.5, 0.6) is 0 Å². The molecule has 0 aromatic heterocycles. The predicted octanol–water partition coefficient (Wildman–Crippen LogP) is -0.410. The monoisotopic (exact) mass is 257 g/mol. The van der Waals surface area contributed by atoms with Gasteiger partial charge in [0.05, 0.1) is 6.54 Å². The fourth-order valence-electron chi connectivity index (χ4n) is 2.08. The third-order valence-corrected chi connectivity index (χ3v) is 3.23. The van der Waals surface area contributed by atoms with E-state index in [4.69, 9.17) is 10.8 Å². The molecular weight excluding hydrogens is 234 g/mol. The molecule has 3 N–H and O–H groups in total. The first-order valence-electron chi connectivity index (χ1n) is 6.45. The van der Waals surface area contributed by atoms with Gasteiger partial charge in [-0.25, -0.2) is 0 Å². The van der Waals surface area contributed by atoms with E-state index in [1.165, 1.54) is 0 Å². The number of amides is 1. The average Bonchev–Trinajstić information content (AvgIpc) is 2.53. The topological polar surface area (TPSA) is 86.9 Å². The molecule has 6 heteroatoms. The second-order valence-electron chi connectivity index (χ2n) is 4.95. The number of nitrogens with two attached hydrogens (primary N) is 1. The van der Waals surface area contributed by atoms with Crippen LogP contribution in [-0.2, 0) is 9.59 Å². The Balaban J connectivity index is 2.41. The van der Waals surface area contributed by atoms with Crippen LogP contribution in [0.2, 0.25) is 0 Å². The standard InChI is InChI=1S/C12H23N3O3/c1-10(8-13)7-11(16)15-4-2-3-14(5-6-15)9-12(17)18/h10H,2-9,13H2,1H3,(H,17,18). The molecule has 1 unspecified atom stereocenters. The van der Waals surface area contributed by atoms with E-state index in [2.05, 4.69) is 0 Å². The quantitative estimate of drug-likeness (QED) is 0.699. The van der Waals surface area contributed by atoms with Crippen LogP contribution in [0.15, 0.2) is 0 Å². The Kier molecular flexibility index (Phi) is 6.07. The molecule has 1 fully saturated rings. The van der Waals surface area contributed by atoms with Crippen molar-refractivity contribution >= 4 is 11.9 Å². The highest BCUT2D eigenvalue weighted by Crippen LogP contribution is 2.08. The molecular formula is C12H23N3O3. The minimum absolute atomic E-state index is 0.0568. The molecule has 0 aromatic rings. The van der Waals surface area contributed by atoms with Crippen LogP contribution < -0.4 is 5.73 Å². The summed E-state index contributed by atoms with van der Waals surface area (Å²) in [6, 6.07) is 0. The number of nitrogens with zero attached hydrogens (tertiary/aromatic N) is 2. The fourth-order valence-corrected chi connectivity index (χ4v) is 2.08. The molecule has 0 aliphatic carbocycles. The third-order valence-electron chi connectivity index (χ3n) is 3.23. The summed E-state index contributed by atoms with van der Waals surface area (Å²) in [6.45, 7) is 5.24. The number of hydrogen-bond acceptors (Lipinski definition) is 4. The van der Waals surface area contributed by atoms with Gasteiger partial charge in [-0.05, 0) is 18.9 Å². The van der Waals surface area contributed by atoms with Gasteiger partial charge in [0.1, 0.15) is 0 Å². The summed E-state index contributed by atoms with van der Waals surface area (Å²) < 4.78 is 0. The van der Waals surface area contributed by atoms with Gasteiger partial charge in [0.15, 0.2) is 0 Å². The minimum Gasteiger partial charge on any atom is -0.480 e. The number of rotatable bonds is 5. The van der Waals surface area contributed by atoms with Crippen molar-refractivity contribution in [3.05, 3.63) is 0 Å². The van der Waals surface area contributed by atoms with Crippen molar-refractivity contribution in [2.24, 2.45) is 11.7 Å².